The van der Waals surface area contributed by atoms with E-state index in [1.807, 2.05) is 49.3 Å². The van der Waals surface area contributed by atoms with E-state index in [1.165, 1.54) is 11.5 Å². The van der Waals surface area contributed by atoms with Gasteiger partial charge in [0.2, 0.25) is 5.91 Å². The molecular formula is C22H22N6OS. The van der Waals surface area contributed by atoms with Crippen molar-refractivity contribution in [2.75, 3.05) is 24.3 Å². The van der Waals surface area contributed by atoms with Crippen molar-refractivity contribution in [3.8, 4) is 22.5 Å². The molecule has 3 heterocycles. The maximum atomic E-state index is 12.7. The van der Waals surface area contributed by atoms with Crippen molar-refractivity contribution >= 4 is 39.2 Å². The van der Waals surface area contributed by atoms with Gasteiger partial charge in [-0.1, -0.05) is 19.1 Å². The van der Waals surface area contributed by atoms with E-state index in [-0.39, 0.29) is 11.8 Å². The Bertz CT molecular complexity index is 1240. The van der Waals surface area contributed by atoms with E-state index in [1.54, 1.807) is 6.20 Å². The first-order valence-corrected chi connectivity index (χ1v) is 10.7. The summed E-state index contributed by atoms with van der Waals surface area (Å²) in [5.41, 5.74) is 4.39. The van der Waals surface area contributed by atoms with Crippen molar-refractivity contribution in [2.45, 2.75) is 13.3 Å². The number of rotatable bonds is 5. The van der Waals surface area contributed by atoms with Crippen LogP contribution in [0.15, 0.2) is 42.6 Å². The van der Waals surface area contributed by atoms with E-state index in [2.05, 4.69) is 28.5 Å². The van der Waals surface area contributed by atoms with Gasteiger partial charge in [-0.3, -0.25) is 9.89 Å². The van der Waals surface area contributed by atoms with Gasteiger partial charge in [0.05, 0.1) is 28.7 Å². The number of amides is 1. The number of carbonyl (C=O) groups is 1. The van der Waals surface area contributed by atoms with Crippen molar-refractivity contribution in [1.29, 1.82) is 0 Å². The number of hydrogen-bond acceptors (Lipinski definition) is 6. The van der Waals surface area contributed by atoms with E-state index < -0.39 is 0 Å². The summed E-state index contributed by atoms with van der Waals surface area (Å²) in [6.45, 7) is 2.10. The molecule has 1 aliphatic rings. The van der Waals surface area contributed by atoms with Gasteiger partial charge in [-0.25, -0.2) is 4.98 Å². The Morgan fingerprint density at radius 1 is 1.27 bits per heavy atom. The zero-order valence-electron chi connectivity index (χ0n) is 17.0. The second-order valence-electron chi connectivity index (χ2n) is 7.99. The monoisotopic (exact) mass is 418 g/mol. The fraction of sp³-hybridized carbons (Fsp3) is 0.273. The predicted octanol–water partition coefficient (Wildman–Crippen LogP) is 4.41. The molecule has 8 heteroatoms. The van der Waals surface area contributed by atoms with E-state index in [0.717, 1.165) is 50.7 Å². The summed E-state index contributed by atoms with van der Waals surface area (Å²) in [6.07, 6.45) is 2.74. The number of anilines is 2. The van der Waals surface area contributed by atoms with Crippen LogP contribution in [0, 0.1) is 11.8 Å². The molecule has 0 saturated heterocycles. The molecule has 30 heavy (non-hydrogen) atoms. The largest absolute Gasteiger partial charge is 0.363 e. The summed E-state index contributed by atoms with van der Waals surface area (Å²) in [5, 5.41) is 12.0. The van der Waals surface area contributed by atoms with Gasteiger partial charge in [0, 0.05) is 31.0 Å². The number of fused-ring (bicyclic) bond motifs is 1. The third kappa shape index (κ3) is 3.33. The lowest BCUT2D eigenvalue weighted by Crippen LogP contribution is -2.14. The maximum Gasteiger partial charge on any atom is 0.228 e. The quantitative estimate of drug-likeness (QED) is 0.501. The molecule has 2 atom stereocenters. The van der Waals surface area contributed by atoms with Crippen LogP contribution in [0.5, 0.6) is 0 Å². The first-order valence-electron chi connectivity index (χ1n) is 9.90. The van der Waals surface area contributed by atoms with Gasteiger partial charge < -0.3 is 10.2 Å². The molecule has 2 N–H and O–H groups in total. The second-order valence-corrected chi connectivity index (χ2v) is 8.76. The van der Waals surface area contributed by atoms with Crippen LogP contribution in [-0.4, -0.2) is 39.6 Å². The molecule has 1 saturated carbocycles. The molecule has 1 fully saturated rings. The lowest BCUT2D eigenvalue weighted by atomic mass is 10.0. The van der Waals surface area contributed by atoms with Crippen LogP contribution in [0.3, 0.4) is 0 Å². The number of H-pyrrole nitrogens is 1. The second kappa shape index (κ2) is 7.21. The Hall–Kier alpha value is -3.26. The first kappa shape index (κ1) is 18.7. The number of pyridine rings is 1. The number of benzene rings is 1. The van der Waals surface area contributed by atoms with Crippen molar-refractivity contribution in [3.05, 3.63) is 42.6 Å². The molecule has 152 valence electrons. The molecule has 0 aliphatic heterocycles. The lowest BCUT2D eigenvalue weighted by molar-refractivity contribution is -0.117. The molecule has 7 nitrogen and oxygen atoms in total. The molecule has 0 unspecified atom stereocenters. The third-order valence-electron chi connectivity index (χ3n) is 5.54. The van der Waals surface area contributed by atoms with E-state index in [9.17, 15) is 4.79 Å². The molecule has 0 bridgehead atoms. The van der Waals surface area contributed by atoms with Crippen molar-refractivity contribution in [3.63, 3.8) is 0 Å². The molecule has 3 aromatic heterocycles. The molecule has 1 amide bonds. The average molecular weight is 419 g/mol. The number of aromatic nitrogens is 4. The van der Waals surface area contributed by atoms with Crippen LogP contribution in [0.1, 0.15) is 13.3 Å². The van der Waals surface area contributed by atoms with Gasteiger partial charge in [0.15, 0.2) is 0 Å². The van der Waals surface area contributed by atoms with Crippen molar-refractivity contribution < 1.29 is 4.79 Å². The zero-order chi connectivity index (χ0) is 20.8. The maximum absolute atomic E-state index is 12.7. The summed E-state index contributed by atoms with van der Waals surface area (Å²) >= 11 is 1.30. The lowest BCUT2D eigenvalue weighted by Gasteiger charge is -2.13. The molecule has 0 spiro atoms. The summed E-state index contributed by atoms with van der Waals surface area (Å²) in [6, 6.07) is 12.0. The minimum absolute atomic E-state index is 0.0630. The number of nitrogens with zero attached hydrogens (tertiary/aromatic N) is 4. The van der Waals surface area contributed by atoms with Gasteiger partial charge in [-0.15, -0.1) is 0 Å². The van der Waals surface area contributed by atoms with Gasteiger partial charge in [-0.2, -0.15) is 9.47 Å². The highest BCUT2D eigenvalue weighted by molar-refractivity contribution is 7.11. The molecule has 1 aromatic carbocycles. The molecule has 4 aromatic rings. The normalized spacial score (nSPS) is 17.8. The highest BCUT2D eigenvalue weighted by Crippen LogP contribution is 2.43. The zero-order valence-corrected chi connectivity index (χ0v) is 17.8. The highest BCUT2D eigenvalue weighted by atomic mass is 32.1. The van der Waals surface area contributed by atoms with Crippen LogP contribution in [0.2, 0.25) is 0 Å². The fourth-order valence-corrected chi connectivity index (χ4v) is 4.42. The first-order chi connectivity index (χ1) is 14.5. The highest BCUT2D eigenvalue weighted by Gasteiger charge is 2.39. The Kier molecular flexibility index (Phi) is 4.51. The van der Waals surface area contributed by atoms with Crippen LogP contribution >= 0.6 is 11.5 Å². The minimum Gasteiger partial charge on any atom is -0.363 e. The van der Waals surface area contributed by atoms with E-state index in [4.69, 9.17) is 9.36 Å². The van der Waals surface area contributed by atoms with Crippen LogP contribution < -0.4 is 10.2 Å². The smallest absolute Gasteiger partial charge is 0.228 e. The topological polar surface area (TPSA) is 86.8 Å². The number of hydrogen-bond donors (Lipinski definition) is 2. The van der Waals surface area contributed by atoms with Gasteiger partial charge in [0.25, 0.3) is 0 Å². The Morgan fingerprint density at radius 2 is 2.10 bits per heavy atom. The SMILES string of the molecule is C[C@@H]1C[C@H]1C(=O)Nc1snc(-c2ccc3[nH]ncc3c2)c1-c1cccc(N(C)C)n1. The fourth-order valence-electron chi connectivity index (χ4n) is 3.60. The third-order valence-corrected chi connectivity index (χ3v) is 6.30. The average Bonchev–Trinajstić information content (AvgIpc) is 3.14. The van der Waals surface area contributed by atoms with Gasteiger partial charge >= 0.3 is 0 Å². The predicted molar refractivity (Wildman–Crippen MR) is 121 cm³/mol. The van der Waals surface area contributed by atoms with Gasteiger partial charge in [-0.05, 0) is 48.1 Å². The minimum atomic E-state index is 0.0630. The van der Waals surface area contributed by atoms with E-state index >= 15 is 0 Å². The Balaban J connectivity index is 1.63. The Morgan fingerprint density at radius 3 is 2.87 bits per heavy atom. The summed E-state index contributed by atoms with van der Waals surface area (Å²) in [4.78, 5) is 19.4. The number of carbonyl (C=O) groups excluding carboxylic acids is 1. The summed E-state index contributed by atoms with van der Waals surface area (Å²) in [5.74, 6) is 1.45. The van der Waals surface area contributed by atoms with Crippen LogP contribution in [-0.2, 0) is 4.79 Å². The number of aromatic amines is 1. The Labute approximate surface area is 178 Å². The van der Waals surface area contributed by atoms with Gasteiger partial charge in [0.1, 0.15) is 10.8 Å². The molecule has 5 rings (SSSR count). The van der Waals surface area contributed by atoms with Crippen molar-refractivity contribution in [2.24, 2.45) is 11.8 Å². The van der Waals surface area contributed by atoms with E-state index in [0.29, 0.717) is 5.92 Å². The summed E-state index contributed by atoms with van der Waals surface area (Å²) < 4.78 is 4.72. The standard InChI is InChI=1S/C22H22N6OS/c1-12-9-15(12)21(29)25-22-19(17-5-4-6-18(24-17)28(2)3)20(27-30-22)13-7-8-16-14(10-13)11-23-26-16/h4-8,10-12,15H,9H2,1-3H3,(H,23,26)(H,25,29)/t12-,15-/m1/s1. The summed E-state index contributed by atoms with van der Waals surface area (Å²) in [7, 11) is 3.92. The number of nitrogens with one attached hydrogen (secondary N) is 2. The van der Waals surface area contributed by atoms with Crippen molar-refractivity contribution in [1.82, 2.24) is 19.6 Å². The molecular weight excluding hydrogens is 396 g/mol. The molecule has 0 radical (unpaired) electrons. The van der Waals surface area contributed by atoms with Crippen LogP contribution in [0.25, 0.3) is 33.4 Å². The molecule has 1 aliphatic carbocycles. The van der Waals surface area contributed by atoms with Crippen LogP contribution in [0.4, 0.5) is 10.8 Å².